The van der Waals surface area contributed by atoms with Gasteiger partial charge in [-0.3, -0.25) is 14.9 Å². The van der Waals surface area contributed by atoms with Crippen LogP contribution in [0, 0.1) is 0 Å². The molecule has 0 aromatic carbocycles. The number of hydrogen-bond acceptors (Lipinski definition) is 5. The van der Waals surface area contributed by atoms with E-state index in [0.717, 1.165) is 19.6 Å². The minimum absolute atomic E-state index is 1.01. The van der Waals surface area contributed by atoms with E-state index in [2.05, 4.69) is 47.9 Å². The predicted molar refractivity (Wildman–Crippen MR) is 75.9 cm³/mol. The largest absolute Gasteiger partial charge is 0.299 e. The highest BCUT2D eigenvalue weighted by atomic mass is 32.2. The van der Waals surface area contributed by atoms with E-state index in [4.69, 9.17) is 0 Å². The molecule has 0 bridgehead atoms. The number of likely N-dealkylation sites (N-methyl/N-ethyl adjacent to an activating group) is 1. The molecule has 2 aliphatic rings. The summed E-state index contributed by atoms with van der Waals surface area (Å²) in [5.74, 6) is 0. The van der Waals surface area contributed by atoms with Crippen LogP contribution >= 0.6 is 11.8 Å². The van der Waals surface area contributed by atoms with Gasteiger partial charge >= 0.3 is 0 Å². The monoisotopic (exact) mass is 256 g/mol. The van der Waals surface area contributed by atoms with Gasteiger partial charge in [0.2, 0.25) is 0 Å². The SMILES string of the molecule is C=CSC1=C2CN(C)CCN2NN1C.CCC. The summed E-state index contributed by atoms with van der Waals surface area (Å²) in [6.07, 6.45) is 1.25. The molecule has 98 valence electrons. The zero-order valence-corrected chi connectivity index (χ0v) is 12.2. The molecule has 0 saturated carbocycles. The van der Waals surface area contributed by atoms with Gasteiger partial charge in [0.05, 0.1) is 5.70 Å². The minimum Gasteiger partial charge on any atom is -0.299 e. The second-order valence-corrected chi connectivity index (χ2v) is 5.25. The fraction of sp³-hybridized carbons (Fsp3) is 0.667. The molecule has 2 heterocycles. The molecule has 4 nitrogen and oxygen atoms in total. The number of piperazine rings is 1. The third kappa shape index (κ3) is 3.66. The van der Waals surface area contributed by atoms with Gasteiger partial charge in [-0.1, -0.05) is 38.6 Å². The van der Waals surface area contributed by atoms with E-state index in [-0.39, 0.29) is 0 Å². The molecule has 0 unspecified atom stereocenters. The number of nitrogens with zero attached hydrogens (tertiary/aromatic N) is 3. The lowest BCUT2D eigenvalue weighted by Gasteiger charge is -2.32. The first-order valence-corrected chi connectivity index (χ1v) is 6.98. The lowest BCUT2D eigenvalue weighted by Crippen LogP contribution is -2.47. The van der Waals surface area contributed by atoms with Crippen LogP contribution in [0.2, 0.25) is 0 Å². The summed E-state index contributed by atoms with van der Waals surface area (Å²) in [6, 6.07) is 0. The van der Waals surface area contributed by atoms with Crippen molar-refractivity contribution in [3.05, 3.63) is 22.7 Å². The summed E-state index contributed by atoms with van der Waals surface area (Å²) in [5.41, 5.74) is 4.66. The highest BCUT2D eigenvalue weighted by molar-refractivity contribution is 8.05. The van der Waals surface area contributed by atoms with Crippen molar-refractivity contribution in [2.75, 3.05) is 33.7 Å². The molecule has 1 saturated heterocycles. The zero-order chi connectivity index (χ0) is 12.8. The third-order valence-corrected chi connectivity index (χ3v) is 3.37. The minimum atomic E-state index is 1.01. The number of rotatable bonds is 2. The van der Waals surface area contributed by atoms with Crippen molar-refractivity contribution in [3.8, 4) is 0 Å². The maximum atomic E-state index is 3.76. The van der Waals surface area contributed by atoms with Crippen molar-refractivity contribution in [3.63, 3.8) is 0 Å². The van der Waals surface area contributed by atoms with E-state index in [1.165, 1.54) is 17.1 Å². The fourth-order valence-corrected chi connectivity index (χ4v) is 2.43. The molecule has 1 N–H and O–H groups in total. The van der Waals surface area contributed by atoms with Crippen LogP contribution in [0.1, 0.15) is 20.3 Å². The van der Waals surface area contributed by atoms with Crippen LogP contribution in [0.5, 0.6) is 0 Å². The summed E-state index contributed by atoms with van der Waals surface area (Å²) < 4.78 is 0. The number of nitrogens with one attached hydrogen (secondary N) is 1. The van der Waals surface area contributed by atoms with Crippen LogP contribution in [0.4, 0.5) is 0 Å². The van der Waals surface area contributed by atoms with Crippen molar-refractivity contribution < 1.29 is 0 Å². The van der Waals surface area contributed by atoms with Crippen molar-refractivity contribution >= 4 is 11.8 Å². The van der Waals surface area contributed by atoms with Gasteiger partial charge in [-0.25, -0.2) is 0 Å². The van der Waals surface area contributed by atoms with Gasteiger partial charge < -0.3 is 0 Å². The summed E-state index contributed by atoms with van der Waals surface area (Å²) in [7, 11) is 4.19. The molecular formula is C12H24N4S. The van der Waals surface area contributed by atoms with Gasteiger partial charge in [0, 0.05) is 26.7 Å². The van der Waals surface area contributed by atoms with Crippen LogP contribution in [0.15, 0.2) is 22.7 Å². The van der Waals surface area contributed by atoms with Crippen LogP contribution in [0.3, 0.4) is 0 Å². The molecule has 0 radical (unpaired) electrons. The molecule has 0 aromatic rings. The number of hydrogen-bond donors (Lipinski definition) is 1. The normalized spacial score (nSPS) is 20.0. The predicted octanol–water partition coefficient (Wildman–Crippen LogP) is 2.06. The molecule has 2 aliphatic heterocycles. The van der Waals surface area contributed by atoms with Gasteiger partial charge in [0.1, 0.15) is 5.03 Å². The molecule has 0 amide bonds. The summed E-state index contributed by atoms with van der Waals surface area (Å²) in [6.45, 7) is 11.2. The first-order valence-electron chi connectivity index (χ1n) is 6.10. The summed E-state index contributed by atoms with van der Waals surface area (Å²) in [5, 5.41) is 7.40. The highest BCUT2D eigenvalue weighted by Crippen LogP contribution is 2.30. The topological polar surface area (TPSA) is 21.8 Å². The van der Waals surface area contributed by atoms with Crippen LogP contribution in [-0.4, -0.2) is 48.6 Å². The van der Waals surface area contributed by atoms with Gasteiger partial charge in [0.15, 0.2) is 0 Å². The Kier molecular flexibility index (Phi) is 5.88. The Bertz CT molecular complexity index is 290. The lowest BCUT2D eigenvalue weighted by molar-refractivity contribution is 0.107. The smallest absolute Gasteiger partial charge is 0.113 e. The quantitative estimate of drug-likeness (QED) is 0.814. The van der Waals surface area contributed by atoms with Crippen LogP contribution < -0.4 is 5.53 Å². The van der Waals surface area contributed by atoms with Crippen molar-refractivity contribution in [1.82, 2.24) is 20.5 Å². The second-order valence-electron chi connectivity index (χ2n) is 4.29. The molecule has 0 spiro atoms. The van der Waals surface area contributed by atoms with E-state index in [0.29, 0.717) is 0 Å². The van der Waals surface area contributed by atoms with Gasteiger partial charge in [-0.2, -0.15) is 0 Å². The van der Waals surface area contributed by atoms with E-state index < -0.39 is 0 Å². The average Bonchev–Trinajstić information content (AvgIpc) is 2.58. The second kappa shape index (κ2) is 6.93. The Hall–Kier alpha value is -0.650. The Balaban J connectivity index is 0.000000437. The van der Waals surface area contributed by atoms with E-state index >= 15 is 0 Å². The molecule has 0 aromatic heterocycles. The molecule has 0 aliphatic carbocycles. The van der Waals surface area contributed by atoms with E-state index in [1.807, 2.05) is 12.5 Å². The molecular weight excluding hydrogens is 232 g/mol. The molecule has 2 rings (SSSR count). The van der Waals surface area contributed by atoms with Crippen molar-refractivity contribution in [2.24, 2.45) is 0 Å². The van der Waals surface area contributed by atoms with Crippen molar-refractivity contribution in [2.45, 2.75) is 20.3 Å². The maximum Gasteiger partial charge on any atom is 0.113 e. The van der Waals surface area contributed by atoms with Crippen LogP contribution in [0.25, 0.3) is 0 Å². The molecule has 1 fully saturated rings. The average molecular weight is 256 g/mol. The van der Waals surface area contributed by atoms with Gasteiger partial charge in [0.25, 0.3) is 0 Å². The fourth-order valence-electron chi connectivity index (χ4n) is 1.77. The lowest BCUT2D eigenvalue weighted by atomic mass is 10.3. The first-order chi connectivity index (χ1) is 8.13. The zero-order valence-electron chi connectivity index (χ0n) is 11.4. The van der Waals surface area contributed by atoms with Gasteiger partial charge in [-0.15, -0.1) is 5.53 Å². The van der Waals surface area contributed by atoms with Gasteiger partial charge in [-0.05, 0) is 12.5 Å². The maximum absolute atomic E-state index is 3.76. The van der Waals surface area contributed by atoms with Crippen LogP contribution in [-0.2, 0) is 0 Å². The highest BCUT2D eigenvalue weighted by Gasteiger charge is 2.29. The van der Waals surface area contributed by atoms with E-state index in [1.54, 1.807) is 11.8 Å². The number of hydrazine groups is 2. The Labute approximate surface area is 109 Å². The Morgan fingerprint density at radius 2 is 2.00 bits per heavy atom. The summed E-state index contributed by atoms with van der Waals surface area (Å²) >= 11 is 1.67. The molecule has 5 heteroatoms. The summed E-state index contributed by atoms with van der Waals surface area (Å²) in [4.78, 5) is 2.33. The Morgan fingerprint density at radius 1 is 1.35 bits per heavy atom. The van der Waals surface area contributed by atoms with Crippen molar-refractivity contribution in [1.29, 1.82) is 0 Å². The third-order valence-electron chi connectivity index (χ3n) is 2.47. The number of fused-ring (bicyclic) bond motifs is 1. The first kappa shape index (κ1) is 14.4. The molecule has 0 atom stereocenters. The standard InChI is InChI=1S/C9H16N4S.C3H8/c1-4-14-9-8-7-11(2)5-6-13(8)10-12(9)3;1-3-2/h4,10H,1,5-7H2,2-3H3;3H2,1-2H3. The number of thioether (sulfide) groups is 1. The van der Waals surface area contributed by atoms with E-state index in [9.17, 15) is 0 Å². The Morgan fingerprint density at radius 3 is 2.59 bits per heavy atom. The molecule has 17 heavy (non-hydrogen) atoms.